The molecular formula is C15H21NO4. The maximum Gasteiger partial charge on any atom is 0.255 e. The number of carbonyl (C=O) groups is 1. The second kappa shape index (κ2) is 6.13. The van der Waals surface area contributed by atoms with E-state index >= 15 is 0 Å². The highest BCUT2D eigenvalue weighted by Gasteiger charge is 2.31. The lowest BCUT2D eigenvalue weighted by atomic mass is 10.0. The van der Waals surface area contributed by atoms with Crippen molar-refractivity contribution in [3.63, 3.8) is 0 Å². The van der Waals surface area contributed by atoms with Crippen LogP contribution in [-0.2, 0) is 0 Å². The summed E-state index contributed by atoms with van der Waals surface area (Å²) in [5.41, 5.74) is -0.352. The van der Waals surface area contributed by atoms with E-state index in [1.165, 1.54) is 14.2 Å². The third-order valence-electron chi connectivity index (χ3n) is 3.76. The zero-order valence-electron chi connectivity index (χ0n) is 11.9. The molecule has 1 amide bonds. The van der Waals surface area contributed by atoms with Crippen molar-refractivity contribution in [1.29, 1.82) is 0 Å². The molecule has 5 heteroatoms. The Kier molecular flexibility index (Phi) is 4.49. The first-order valence-electron chi connectivity index (χ1n) is 6.81. The van der Waals surface area contributed by atoms with Crippen molar-refractivity contribution in [1.82, 2.24) is 5.32 Å². The summed E-state index contributed by atoms with van der Waals surface area (Å²) in [5, 5.41) is 13.0. The van der Waals surface area contributed by atoms with Gasteiger partial charge in [-0.1, -0.05) is 18.9 Å². The maximum atomic E-state index is 12.2. The molecule has 110 valence electrons. The summed E-state index contributed by atoms with van der Waals surface area (Å²) in [6, 6.07) is 5.15. The van der Waals surface area contributed by atoms with Crippen LogP contribution < -0.4 is 14.8 Å². The molecule has 1 aromatic rings. The van der Waals surface area contributed by atoms with Gasteiger partial charge in [-0.15, -0.1) is 0 Å². The lowest BCUT2D eigenvalue weighted by Gasteiger charge is -2.22. The molecule has 1 aliphatic rings. The van der Waals surface area contributed by atoms with Gasteiger partial charge >= 0.3 is 0 Å². The van der Waals surface area contributed by atoms with Gasteiger partial charge < -0.3 is 19.9 Å². The van der Waals surface area contributed by atoms with Crippen LogP contribution in [-0.4, -0.2) is 37.4 Å². The molecule has 2 rings (SSSR count). The van der Waals surface area contributed by atoms with Gasteiger partial charge in [-0.25, -0.2) is 0 Å². The first-order valence-corrected chi connectivity index (χ1v) is 6.81. The van der Waals surface area contributed by atoms with E-state index < -0.39 is 5.60 Å². The van der Waals surface area contributed by atoms with E-state index in [0.717, 1.165) is 25.7 Å². The van der Waals surface area contributed by atoms with E-state index in [4.69, 9.17) is 9.47 Å². The average Bonchev–Trinajstić information content (AvgIpc) is 2.91. The van der Waals surface area contributed by atoms with E-state index in [0.29, 0.717) is 17.1 Å². The molecule has 0 spiro atoms. The Hall–Kier alpha value is -1.75. The molecule has 0 atom stereocenters. The Labute approximate surface area is 118 Å². The van der Waals surface area contributed by atoms with Crippen LogP contribution in [0.4, 0.5) is 0 Å². The van der Waals surface area contributed by atoms with Crippen LogP contribution in [0.1, 0.15) is 36.0 Å². The number of aliphatic hydroxyl groups is 1. The molecule has 5 nitrogen and oxygen atoms in total. The molecule has 0 radical (unpaired) electrons. The van der Waals surface area contributed by atoms with Gasteiger partial charge in [0.05, 0.1) is 25.4 Å². The van der Waals surface area contributed by atoms with Gasteiger partial charge in [0.15, 0.2) is 11.5 Å². The Morgan fingerprint density at radius 2 is 2.00 bits per heavy atom. The fourth-order valence-corrected chi connectivity index (χ4v) is 2.62. The Balaban J connectivity index is 2.09. The fourth-order valence-electron chi connectivity index (χ4n) is 2.62. The number of amides is 1. The molecule has 0 saturated heterocycles. The average molecular weight is 279 g/mol. The lowest BCUT2D eigenvalue weighted by Crippen LogP contribution is -2.40. The highest BCUT2D eigenvalue weighted by atomic mass is 16.5. The van der Waals surface area contributed by atoms with E-state index in [9.17, 15) is 9.90 Å². The molecule has 1 fully saturated rings. The van der Waals surface area contributed by atoms with Crippen LogP contribution in [0.2, 0.25) is 0 Å². The topological polar surface area (TPSA) is 67.8 Å². The van der Waals surface area contributed by atoms with Crippen molar-refractivity contribution in [2.45, 2.75) is 31.3 Å². The van der Waals surface area contributed by atoms with Gasteiger partial charge in [0.2, 0.25) is 0 Å². The SMILES string of the molecule is COc1cccc(C(=O)NCC2(O)CCCC2)c1OC. The molecule has 2 N–H and O–H groups in total. The molecule has 20 heavy (non-hydrogen) atoms. The Morgan fingerprint density at radius 3 is 2.60 bits per heavy atom. The van der Waals surface area contributed by atoms with Crippen molar-refractivity contribution in [3.05, 3.63) is 23.8 Å². The highest BCUT2D eigenvalue weighted by molar-refractivity contribution is 5.97. The number of carbonyl (C=O) groups excluding carboxylic acids is 1. The van der Waals surface area contributed by atoms with Crippen LogP contribution in [0.5, 0.6) is 11.5 Å². The second-order valence-electron chi connectivity index (χ2n) is 5.16. The predicted molar refractivity (Wildman–Crippen MR) is 75.3 cm³/mol. The maximum absolute atomic E-state index is 12.2. The van der Waals surface area contributed by atoms with Crippen molar-refractivity contribution >= 4 is 5.91 Å². The minimum absolute atomic E-state index is 0.263. The largest absolute Gasteiger partial charge is 0.493 e. The molecule has 0 aromatic heterocycles. The number of rotatable bonds is 5. The van der Waals surface area contributed by atoms with E-state index in [2.05, 4.69) is 5.32 Å². The Bertz CT molecular complexity index is 481. The number of para-hydroxylation sites is 1. The number of hydrogen-bond acceptors (Lipinski definition) is 4. The lowest BCUT2D eigenvalue weighted by molar-refractivity contribution is 0.0449. The van der Waals surface area contributed by atoms with Crippen LogP contribution in [0.15, 0.2) is 18.2 Å². The minimum Gasteiger partial charge on any atom is -0.493 e. The van der Waals surface area contributed by atoms with Gasteiger partial charge in [0, 0.05) is 6.54 Å². The number of ether oxygens (including phenoxy) is 2. The van der Waals surface area contributed by atoms with Crippen LogP contribution in [0.25, 0.3) is 0 Å². The van der Waals surface area contributed by atoms with E-state index in [1.54, 1.807) is 18.2 Å². The summed E-state index contributed by atoms with van der Waals surface area (Å²) >= 11 is 0. The summed E-state index contributed by atoms with van der Waals surface area (Å²) < 4.78 is 10.4. The molecule has 0 aliphatic heterocycles. The first-order chi connectivity index (χ1) is 9.59. The highest BCUT2D eigenvalue weighted by Crippen LogP contribution is 2.31. The molecular weight excluding hydrogens is 258 g/mol. The van der Waals surface area contributed by atoms with Gasteiger partial charge in [0.25, 0.3) is 5.91 Å². The van der Waals surface area contributed by atoms with Crippen LogP contribution >= 0.6 is 0 Å². The second-order valence-corrected chi connectivity index (χ2v) is 5.16. The predicted octanol–water partition coefficient (Wildman–Crippen LogP) is 1.74. The number of methoxy groups -OCH3 is 2. The van der Waals surface area contributed by atoms with E-state index in [-0.39, 0.29) is 12.5 Å². The van der Waals surface area contributed by atoms with Crippen LogP contribution in [0.3, 0.4) is 0 Å². The third kappa shape index (κ3) is 3.04. The van der Waals surface area contributed by atoms with Gasteiger partial charge in [-0.3, -0.25) is 4.79 Å². The summed E-state index contributed by atoms with van der Waals surface area (Å²) in [7, 11) is 3.03. The molecule has 1 aromatic carbocycles. The number of benzene rings is 1. The summed E-state index contributed by atoms with van der Waals surface area (Å²) in [6.45, 7) is 0.270. The van der Waals surface area contributed by atoms with Gasteiger partial charge in [0.1, 0.15) is 0 Å². The zero-order valence-corrected chi connectivity index (χ0v) is 11.9. The Morgan fingerprint density at radius 1 is 1.30 bits per heavy atom. The van der Waals surface area contributed by atoms with Crippen LogP contribution in [0, 0.1) is 0 Å². The monoisotopic (exact) mass is 279 g/mol. The standard InChI is InChI=1S/C15H21NO4/c1-19-12-7-5-6-11(13(12)20-2)14(17)16-10-15(18)8-3-4-9-15/h5-7,18H,3-4,8-10H2,1-2H3,(H,16,17). The smallest absolute Gasteiger partial charge is 0.255 e. The zero-order chi connectivity index (χ0) is 14.6. The molecule has 0 unspecified atom stereocenters. The number of hydrogen-bond donors (Lipinski definition) is 2. The molecule has 0 bridgehead atoms. The van der Waals surface area contributed by atoms with Crippen molar-refractivity contribution in [2.75, 3.05) is 20.8 Å². The summed E-state index contributed by atoms with van der Waals surface area (Å²) in [5.74, 6) is 0.659. The van der Waals surface area contributed by atoms with Gasteiger partial charge in [-0.2, -0.15) is 0 Å². The first kappa shape index (κ1) is 14.7. The summed E-state index contributed by atoms with van der Waals surface area (Å²) in [6.07, 6.45) is 3.49. The quantitative estimate of drug-likeness (QED) is 0.861. The minimum atomic E-state index is -0.762. The molecule has 0 heterocycles. The normalized spacial score (nSPS) is 16.8. The third-order valence-corrected chi connectivity index (χ3v) is 3.76. The summed E-state index contributed by atoms with van der Waals surface area (Å²) in [4.78, 5) is 12.2. The fraction of sp³-hybridized carbons (Fsp3) is 0.533. The molecule has 1 aliphatic carbocycles. The van der Waals surface area contributed by atoms with Crippen molar-refractivity contribution < 1.29 is 19.4 Å². The molecule has 1 saturated carbocycles. The van der Waals surface area contributed by atoms with Crippen molar-refractivity contribution in [2.24, 2.45) is 0 Å². The number of nitrogens with one attached hydrogen (secondary N) is 1. The van der Waals surface area contributed by atoms with E-state index in [1.807, 2.05) is 0 Å². The van der Waals surface area contributed by atoms with Gasteiger partial charge in [-0.05, 0) is 25.0 Å². The van der Waals surface area contributed by atoms with Crippen molar-refractivity contribution in [3.8, 4) is 11.5 Å².